The van der Waals surface area contributed by atoms with Gasteiger partial charge in [0.1, 0.15) is 23.2 Å². The van der Waals surface area contributed by atoms with Crippen LogP contribution in [0.3, 0.4) is 0 Å². The normalized spacial score (nSPS) is 19.7. The van der Waals surface area contributed by atoms with Crippen LogP contribution < -0.4 is 5.32 Å². The summed E-state index contributed by atoms with van der Waals surface area (Å²) in [7, 11) is 0. The van der Waals surface area contributed by atoms with E-state index in [9.17, 15) is 18.8 Å². The number of rotatable bonds is 4. The summed E-state index contributed by atoms with van der Waals surface area (Å²) < 4.78 is 14.1. The summed E-state index contributed by atoms with van der Waals surface area (Å²) in [6, 6.07) is 12.4. The highest BCUT2D eigenvalue weighted by Gasteiger charge is 2.50. The van der Waals surface area contributed by atoms with Crippen LogP contribution in [-0.4, -0.2) is 68.7 Å². The number of benzene rings is 2. The van der Waals surface area contributed by atoms with Crippen molar-refractivity contribution in [3.05, 3.63) is 70.8 Å². The van der Waals surface area contributed by atoms with Gasteiger partial charge < -0.3 is 25.1 Å². The zero-order chi connectivity index (χ0) is 27.6. The third kappa shape index (κ3) is 4.44. The number of nitrogens with zero attached hydrogens (tertiary/aromatic N) is 2. The first-order valence-corrected chi connectivity index (χ1v) is 13.4. The highest BCUT2D eigenvalue weighted by Crippen LogP contribution is 2.34. The van der Waals surface area contributed by atoms with Gasteiger partial charge in [0.05, 0.1) is 17.6 Å². The van der Waals surface area contributed by atoms with E-state index in [1.807, 2.05) is 37.8 Å². The smallest absolute Gasteiger partial charge is 0.270 e. The lowest BCUT2D eigenvalue weighted by Gasteiger charge is -2.39. The van der Waals surface area contributed by atoms with Crippen molar-refractivity contribution in [1.82, 2.24) is 25.1 Å². The Morgan fingerprint density at radius 3 is 2.38 bits per heavy atom. The summed E-state index contributed by atoms with van der Waals surface area (Å²) >= 11 is 6.08. The van der Waals surface area contributed by atoms with E-state index >= 15 is 0 Å². The molecule has 0 aliphatic carbocycles. The maximum Gasteiger partial charge on any atom is 0.270 e. The molecule has 3 amide bonds. The average molecular weight is 550 g/mol. The van der Waals surface area contributed by atoms with Crippen LogP contribution in [0.4, 0.5) is 4.39 Å². The number of piperazine rings is 1. The molecule has 4 heterocycles. The molecule has 3 atom stereocenters. The highest BCUT2D eigenvalue weighted by molar-refractivity contribution is 6.31. The quantitative estimate of drug-likeness (QED) is 0.343. The second kappa shape index (κ2) is 9.12. The first-order chi connectivity index (χ1) is 18.5. The van der Waals surface area contributed by atoms with Crippen molar-refractivity contribution in [2.45, 2.75) is 45.3 Å². The minimum atomic E-state index is -0.803. The first kappa shape index (κ1) is 25.4. The molecule has 2 aliphatic heterocycles. The molecule has 2 bridgehead atoms. The van der Waals surface area contributed by atoms with Gasteiger partial charge in [-0.15, -0.1) is 0 Å². The average Bonchev–Trinajstić information content (AvgIpc) is 3.67. The van der Waals surface area contributed by atoms with Crippen molar-refractivity contribution in [3.8, 4) is 0 Å². The van der Waals surface area contributed by atoms with E-state index in [4.69, 9.17) is 11.6 Å². The van der Waals surface area contributed by atoms with Crippen LogP contribution in [0.1, 0.15) is 48.2 Å². The van der Waals surface area contributed by atoms with E-state index in [1.165, 1.54) is 6.07 Å². The maximum atomic E-state index is 14.1. The van der Waals surface area contributed by atoms with Crippen LogP contribution in [0.25, 0.3) is 21.8 Å². The predicted molar refractivity (Wildman–Crippen MR) is 147 cm³/mol. The number of H-pyrrole nitrogens is 2. The molecule has 0 unspecified atom stereocenters. The van der Waals surface area contributed by atoms with E-state index in [-0.39, 0.29) is 35.1 Å². The monoisotopic (exact) mass is 549 g/mol. The van der Waals surface area contributed by atoms with Gasteiger partial charge in [0.15, 0.2) is 0 Å². The van der Waals surface area contributed by atoms with E-state index in [0.717, 1.165) is 10.9 Å². The first-order valence-electron chi connectivity index (χ1n) is 13.0. The van der Waals surface area contributed by atoms with E-state index in [2.05, 4.69) is 15.3 Å². The van der Waals surface area contributed by atoms with Crippen molar-refractivity contribution in [2.75, 3.05) is 13.1 Å². The van der Waals surface area contributed by atoms with Gasteiger partial charge in [0.25, 0.3) is 11.8 Å². The lowest BCUT2D eigenvalue weighted by atomic mass is 9.85. The summed E-state index contributed by atoms with van der Waals surface area (Å²) in [5.41, 5.74) is 1.16. The highest BCUT2D eigenvalue weighted by atomic mass is 35.5. The summed E-state index contributed by atoms with van der Waals surface area (Å²) in [4.78, 5) is 49.9. The van der Waals surface area contributed by atoms with Crippen LogP contribution in [0.5, 0.6) is 0 Å². The zero-order valence-electron chi connectivity index (χ0n) is 21.8. The minimum Gasteiger partial charge on any atom is -0.350 e. The summed E-state index contributed by atoms with van der Waals surface area (Å²) in [5, 5.41) is 4.97. The van der Waals surface area contributed by atoms with E-state index in [0.29, 0.717) is 35.6 Å². The van der Waals surface area contributed by atoms with Crippen LogP contribution in [-0.2, 0) is 4.79 Å². The number of nitrogens with one attached hydrogen (secondary N) is 3. The Kier molecular flexibility index (Phi) is 5.95. The number of aromatic amines is 2. The molecule has 2 aromatic heterocycles. The van der Waals surface area contributed by atoms with Crippen molar-refractivity contribution < 1.29 is 18.8 Å². The Balaban J connectivity index is 1.17. The lowest BCUT2D eigenvalue weighted by molar-refractivity contribution is -0.138. The molecule has 39 heavy (non-hydrogen) atoms. The minimum absolute atomic E-state index is 0.102. The van der Waals surface area contributed by atoms with Crippen LogP contribution in [0.2, 0.25) is 5.02 Å². The Labute approximate surface area is 229 Å². The molecule has 10 heteroatoms. The molecule has 2 aromatic carbocycles. The van der Waals surface area contributed by atoms with Crippen LogP contribution in [0, 0.1) is 11.2 Å². The Bertz CT molecular complexity index is 1640. The van der Waals surface area contributed by atoms with Gasteiger partial charge in [-0.05, 0) is 42.2 Å². The molecule has 2 saturated heterocycles. The summed E-state index contributed by atoms with van der Waals surface area (Å²) in [5.74, 6) is -1.20. The molecule has 4 aromatic rings. The fourth-order valence-electron chi connectivity index (χ4n) is 5.82. The Hall–Kier alpha value is -3.85. The molecule has 8 nitrogen and oxygen atoms in total. The van der Waals surface area contributed by atoms with Crippen molar-refractivity contribution in [3.63, 3.8) is 0 Å². The van der Waals surface area contributed by atoms with Gasteiger partial charge in [0.2, 0.25) is 5.91 Å². The molecule has 0 spiro atoms. The van der Waals surface area contributed by atoms with Crippen molar-refractivity contribution in [1.29, 1.82) is 0 Å². The van der Waals surface area contributed by atoms with Gasteiger partial charge in [0, 0.05) is 34.4 Å². The molecule has 0 saturated carbocycles. The number of hydrogen-bond donors (Lipinski definition) is 3. The summed E-state index contributed by atoms with van der Waals surface area (Å²) in [6.07, 6.45) is 0.690. The van der Waals surface area contributed by atoms with Crippen LogP contribution >= 0.6 is 11.6 Å². The molecule has 6 rings (SSSR count). The Morgan fingerprint density at radius 1 is 0.974 bits per heavy atom. The second-order valence-corrected chi connectivity index (χ2v) is 12.0. The van der Waals surface area contributed by atoms with Gasteiger partial charge in [-0.25, -0.2) is 4.39 Å². The van der Waals surface area contributed by atoms with Gasteiger partial charge in [-0.3, -0.25) is 14.4 Å². The number of carbonyl (C=O) groups excluding carboxylic acids is 3. The van der Waals surface area contributed by atoms with E-state index < -0.39 is 23.2 Å². The number of likely N-dealkylation sites (tertiary alicyclic amines) is 2. The van der Waals surface area contributed by atoms with Crippen LogP contribution in [0.15, 0.2) is 48.5 Å². The fraction of sp³-hybridized carbons (Fsp3) is 0.345. The standard InChI is InChI=1S/C29H29ClFN5O3/c1-29(2,3)25(34-26(37)22-10-16-5-4-6-20(31)24(16)33-22)28(39)36-14-18-12-19(36)13-35(18)27(38)23-9-15-7-8-17(30)11-21(15)32-23/h4-11,18-19,25,32-33H,12-14H2,1-3H3,(H,34,37)/t18-,19-,25+/m0/s1. The molecular weight excluding hydrogens is 521 g/mol. The number of aromatic nitrogens is 2. The molecule has 3 N–H and O–H groups in total. The summed E-state index contributed by atoms with van der Waals surface area (Å²) in [6.45, 7) is 6.52. The SMILES string of the molecule is CC(C)(C)[C@H](NC(=O)c1cc2cccc(F)c2[nH]1)C(=O)N1C[C@@H]2C[C@H]1CN2C(=O)c1cc2ccc(Cl)cc2[nH]1. The third-order valence-electron chi connectivity index (χ3n) is 7.84. The molecule has 0 radical (unpaired) electrons. The largest absolute Gasteiger partial charge is 0.350 e. The van der Waals surface area contributed by atoms with Gasteiger partial charge in [-0.1, -0.05) is 50.6 Å². The molecule has 2 fully saturated rings. The topological polar surface area (TPSA) is 101 Å². The number of carbonyl (C=O) groups is 3. The molecule has 202 valence electrons. The molecule has 2 aliphatic rings. The van der Waals surface area contributed by atoms with E-state index in [1.54, 1.807) is 35.2 Å². The second-order valence-electron chi connectivity index (χ2n) is 11.6. The fourth-order valence-corrected chi connectivity index (χ4v) is 5.99. The maximum absolute atomic E-state index is 14.1. The number of para-hydroxylation sites is 1. The predicted octanol–water partition coefficient (Wildman–Crippen LogP) is 4.71. The Morgan fingerprint density at radius 2 is 1.69 bits per heavy atom. The lowest BCUT2D eigenvalue weighted by Crippen LogP contribution is -2.59. The number of halogens is 2. The van der Waals surface area contributed by atoms with Crippen molar-refractivity contribution in [2.24, 2.45) is 5.41 Å². The number of fused-ring (bicyclic) bond motifs is 4. The molecular formula is C29H29ClFN5O3. The van der Waals surface area contributed by atoms with Gasteiger partial charge >= 0.3 is 0 Å². The number of hydrogen-bond acceptors (Lipinski definition) is 3. The van der Waals surface area contributed by atoms with Crippen molar-refractivity contribution >= 4 is 51.1 Å². The number of amides is 3. The van der Waals surface area contributed by atoms with Gasteiger partial charge in [-0.2, -0.15) is 0 Å². The third-order valence-corrected chi connectivity index (χ3v) is 8.07. The zero-order valence-corrected chi connectivity index (χ0v) is 22.6.